The van der Waals surface area contributed by atoms with Gasteiger partial charge in [-0.3, -0.25) is 9.80 Å². The Morgan fingerprint density at radius 1 is 0.274 bits per heavy atom. The van der Waals surface area contributed by atoms with Gasteiger partial charge in [0.25, 0.3) is 0 Å². The minimum absolute atomic E-state index is 0.715. The van der Waals surface area contributed by atoms with Crippen LogP contribution in [0.25, 0.3) is 0 Å². The molecule has 0 aromatic rings. The summed E-state index contributed by atoms with van der Waals surface area (Å²) in [5.41, 5.74) is 1.43. The number of hydrogen-bond acceptors (Lipinski definition) is 15. The van der Waals surface area contributed by atoms with Gasteiger partial charge in [-0.2, -0.15) is 0 Å². The van der Waals surface area contributed by atoms with Crippen molar-refractivity contribution in [2.24, 2.45) is 81.8 Å². The quantitative estimate of drug-likeness (QED) is 0.0871. The first-order chi connectivity index (χ1) is 50.6. The minimum atomic E-state index is 0.715. The van der Waals surface area contributed by atoms with E-state index in [1.165, 1.54) is 352 Å². The Hall–Kier alpha value is -0.600. The molecule has 0 amide bonds. The Bertz CT molecular complexity index is 2170. The monoisotopic (exact) mass is 1490 g/mol. The van der Waals surface area contributed by atoms with Crippen molar-refractivity contribution in [3.8, 4) is 0 Å². The number of piperazine rings is 2. The Labute approximate surface area is 661 Å². The molecule has 13 rings (SSSR count). The summed E-state index contributed by atoms with van der Waals surface area (Å²) >= 11 is 0. The highest BCUT2D eigenvalue weighted by molar-refractivity contribution is 5.06. The van der Waals surface area contributed by atoms with Gasteiger partial charge in [0.05, 0.1) is 0 Å². The van der Waals surface area contributed by atoms with Crippen molar-refractivity contribution in [3.63, 3.8) is 0 Å². The fourth-order valence-electron chi connectivity index (χ4n) is 21.0. The van der Waals surface area contributed by atoms with Crippen LogP contribution in [0.3, 0.4) is 0 Å². The van der Waals surface area contributed by atoms with Gasteiger partial charge in [-0.05, 0) is 228 Å². The van der Waals surface area contributed by atoms with Crippen LogP contribution in [0.2, 0.25) is 0 Å². The zero-order valence-corrected chi connectivity index (χ0v) is 75.0. The third-order valence-corrected chi connectivity index (χ3v) is 26.7. The predicted molar refractivity (Wildman–Crippen MR) is 461 cm³/mol. The van der Waals surface area contributed by atoms with Crippen molar-refractivity contribution in [3.05, 3.63) is 0 Å². The van der Waals surface area contributed by atoms with Gasteiger partial charge in [-0.1, -0.05) is 151 Å². The van der Waals surface area contributed by atoms with Crippen LogP contribution in [0, 0.1) is 81.8 Å². The minimum Gasteiger partial charge on any atom is -0.305 e. The summed E-state index contributed by atoms with van der Waals surface area (Å²) in [7, 11) is 4.46. The molecule has 15 heteroatoms. The number of rotatable bonds is 25. The normalized spacial score (nSPS) is 26.0. The third-order valence-electron chi connectivity index (χ3n) is 26.7. The van der Waals surface area contributed by atoms with E-state index < -0.39 is 0 Å². The second kappa shape index (κ2) is 48.1. The summed E-state index contributed by atoms with van der Waals surface area (Å²) in [6, 6.07) is 1.72. The number of likely N-dealkylation sites (tertiary alicyclic amines) is 11. The fraction of sp³-hybridized carbons (Fsp3) is 1.00. The van der Waals surface area contributed by atoms with E-state index in [0.29, 0.717) is 10.8 Å². The maximum absolute atomic E-state index is 2.73. The number of nitrogens with zero attached hydrogens (tertiary/aromatic N) is 15. The Morgan fingerprint density at radius 2 is 0.547 bits per heavy atom. The van der Waals surface area contributed by atoms with Crippen LogP contribution in [-0.2, 0) is 0 Å². The molecule has 0 aliphatic carbocycles. The number of hydrogen-bond donors (Lipinski definition) is 0. The first-order valence-corrected chi connectivity index (χ1v) is 46.4. The molecule has 0 aromatic carbocycles. The molecule has 0 unspecified atom stereocenters. The summed E-state index contributed by atoms with van der Waals surface area (Å²) in [5, 5.41) is 0. The lowest BCUT2D eigenvalue weighted by Crippen LogP contribution is -2.72. The standard InChI is InChI=1S/C17H33N3.C16H31N3.C13H27N3.C12H25N3.C12H25N.C11H23N.C10H21N/c1-4-18-11-17(12-18)13-20(14-17)10-16-5-7-19(8-6-16)9-15(2)3;1-14(2)8-18-6-4-15(5-7-18)9-19-12-16(13-19)10-17(3)11-16;1-4-14-10-13(11-14)16-7-5-15(6-8-16)9-12(2)3;1-11(2)8-14-4-6-15(7-5-14)12-9-13(3)10-12;1-4-5-12-6-8-13(9-7-12)10-11(2)3;1-4-11-5-7-12(8-6-11)9-10(2)3;1-9(2)8-11-6-4-10(3)5-7-11/h15-16H,4-14H2,1-3H3;14-15H,4-13H2,1-3H3;12-13H,4-11H2,1-3H3;11-12H,4-10H2,1-3H3;11-12H,4-10H2,1-3H3;10-11H,4-9H2,1-3H3;9-10H,4-8H2,1-3H3. The van der Waals surface area contributed by atoms with Gasteiger partial charge in [0.15, 0.2) is 0 Å². The molecule has 0 saturated carbocycles. The Morgan fingerprint density at radius 3 is 0.830 bits per heavy atom. The fourth-order valence-corrected chi connectivity index (χ4v) is 21.0. The van der Waals surface area contributed by atoms with E-state index in [4.69, 9.17) is 0 Å². The van der Waals surface area contributed by atoms with E-state index in [1.54, 1.807) is 0 Å². The van der Waals surface area contributed by atoms with Crippen LogP contribution in [0.5, 0.6) is 0 Å². The van der Waals surface area contributed by atoms with Gasteiger partial charge in [-0.15, -0.1) is 0 Å². The zero-order valence-electron chi connectivity index (χ0n) is 75.0. The average Bonchev–Trinajstić information content (AvgIpc) is 0.758. The first-order valence-electron chi connectivity index (χ1n) is 46.4. The molecule has 13 saturated heterocycles. The lowest BCUT2D eigenvalue weighted by molar-refractivity contribution is -0.118. The smallest absolute Gasteiger partial charge is 0.0351 e. The summed E-state index contributed by atoms with van der Waals surface area (Å²) in [5.74, 6) is 10.7. The van der Waals surface area contributed by atoms with Crippen LogP contribution in [0.1, 0.15) is 215 Å². The number of likely N-dealkylation sites (N-methyl/N-ethyl adjacent to an activating group) is 2. The van der Waals surface area contributed by atoms with Crippen molar-refractivity contribution in [2.75, 3.05) is 282 Å². The molecule has 0 radical (unpaired) electrons. The van der Waals surface area contributed by atoms with Crippen LogP contribution in [0.15, 0.2) is 0 Å². The SMILES string of the molecule is CC(C)CN1CCC(C)CC1.CC(C)CN1CCC(CN2CC3(CN(C)C3)C2)CC1.CC(C)CN1CCN(C2CN(C)C2)CC1.CCC1CCN(CC(C)C)CC1.CCCC1CCN(CC(C)C)CC1.CCN1CC(N2CCN(CC(C)C)CC2)C1.CCN1CC2(C1)CN(CC1CCN(CC(C)C)CC1)C2. The molecule has 13 aliphatic heterocycles. The second-order valence-electron chi connectivity index (χ2n) is 41.3. The molecule has 15 nitrogen and oxygen atoms in total. The van der Waals surface area contributed by atoms with Crippen molar-refractivity contribution in [1.29, 1.82) is 0 Å². The maximum Gasteiger partial charge on any atom is 0.0351 e. The summed E-state index contributed by atoms with van der Waals surface area (Å²) in [6.07, 6.45) is 18.5. The van der Waals surface area contributed by atoms with Crippen molar-refractivity contribution in [2.45, 2.75) is 227 Å². The molecule has 0 N–H and O–H groups in total. The Kier molecular flexibility index (Phi) is 42.0. The van der Waals surface area contributed by atoms with Gasteiger partial charge in [0.2, 0.25) is 0 Å². The van der Waals surface area contributed by atoms with E-state index in [-0.39, 0.29) is 0 Å². The Balaban J connectivity index is 0.000000174. The van der Waals surface area contributed by atoms with Gasteiger partial charge < -0.3 is 63.7 Å². The molecule has 0 bridgehead atoms. The molecule has 13 fully saturated rings. The second-order valence-corrected chi connectivity index (χ2v) is 41.3. The van der Waals surface area contributed by atoms with Gasteiger partial charge >= 0.3 is 0 Å². The molecule has 0 aromatic heterocycles. The van der Waals surface area contributed by atoms with Crippen molar-refractivity contribution >= 4 is 0 Å². The van der Waals surface area contributed by atoms with E-state index in [9.17, 15) is 0 Å². The number of piperidine rings is 5. The van der Waals surface area contributed by atoms with E-state index in [2.05, 4.69) is 219 Å². The first kappa shape index (κ1) is 92.6. The lowest BCUT2D eigenvalue weighted by atomic mass is 9.72. The van der Waals surface area contributed by atoms with Gasteiger partial charge in [0.1, 0.15) is 0 Å². The topological polar surface area (TPSA) is 48.6 Å². The van der Waals surface area contributed by atoms with Crippen LogP contribution >= 0.6 is 0 Å². The van der Waals surface area contributed by atoms with Crippen molar-refractivity contribution in [1.82, 2.24) is 73.5 Å². The molecule has 13 heterocycles. The van der Waals surface area contributed by atoms with E-state index in [0.717, 1.165) is 83.1 Å². The highest BCUT2D eigenvalue weighted by Crippen LogP contribution is 2.41. The largest absolute Gasteiger partial charge is 0.305 e. The van der Waals surface area contributed by atoms with Crippen molar-refractivity contribution < 1.29 is 0 Å². The third kappa shape index (κ3) is 34.1. The van der Waals surface area contributed by atoms with Crippen LogP contribution < -0.4 is 0 Å². The van der Waals surface area contributed by atoms with E-state index >= 15 is 0 Å². The van der Waals surface area contributed by atoms with Gasteiger partial charge in [-0.25, -0.2) is 0 Å². The highest BCUT2D eigenvalue weighted by atomic mass is 15.4. The molecular formula is C91H185N15. The summed E-state index contributed by atoms with van der Waals surface area (Å²) < 4.78 is 0. The van der Waals surface area contributed by atoms with Gasteiger partial charge in [0, 0.05) is 213 Å². The molecule has 624 valence electrons. The lowest BCUT2D eigenvalue weighted by Gasteiger charge is -2.61. The molecule has 2 spiro atoms. The predicted octanol–water partition coefficient (Wildman–Crippen LogP) is 13.4. The molecule has 13 aliphatic rings. The molecular weight excluding hydrogens is 1300 g/mol. The molecule has 106 heavy (non-hydrogen) atoms. The van der Waals surface area contributed by atoms with Crippen LogP contribution in [-0.4, -0.2) is 368 Å². The average molecular weight is 1490 g/mol. The van der Waals surface area contributed by atoms with Crippen LogP contribution in [0.4, 0.5) is 0 Å². The maximum atomic E-state index is 2.73. The zero-order chi connectivity index (χ0) is 76.9. The summed E-state index contributed by atoms with van der Waals surface area (Å²) in [4.78, 5) is 39.2. The van der Waals surface area contributed by atoms with E-state index in [1.807, 2.05) is 0 Å². The summed E-state index contributed by atoms with van der Waals surface area (Å²) in [6.45, 7) is 98.1. The highest BCUT2D eigenvalue weighted by Gasteiger charge is 2.52. The molecule has 0 atom stereocenters.